The second-order valence-electron chi connectivity index (χ2n) is 5.12. The Morgan fingerprint density at radius 3 is 2.63 bits per heavy atom. The van der Waals surface area contributed by atoms with Gasteiger partial charge < -0.3 is 15.7 Å². The zero-order valence-corrected chi connectivity index (χ0v) is 12.0. The van der Waals surface area contributed by atoms with Crippen molar-refractivity contribution in [3.63, 3.8) is 0 Å². The average Bonchev–Trinajstić information content (AvgIpc) is 2.37. The van der Waals surface area contributed by atoms with E-state index in [9.17, 15) is 4.79 Å². The lowest BCUT2D eigenvalue weighted by atomic mass is 10.0. The Morgan fingerprint density at radius 1 is 1.37 bits per heavy atom. The van der Waals surface area contributed by atoms with Gasteiger partial charge in [0.2, 0.25) is 0 Å². The molecular weight excluding hydrogens is 242 g/mol. The number of carbonyl (C=O) groups is 1. The summed E-state index contributed by atoms with van der Waals surface area (Å²) in [5, 5.41) is 15.1. The molecule has 0 spiro atoms. The monoisotopic (exact) mass is 265 g/mol. The minimum Gasteiger partial charge on any atom is -0.396 e. The lowest BCUT2D eigenvalue weighted by molar-refractivity contribution is 0.0917. The summed E-state index contributed by atoms with van der Waals surface area (Å²) in [5.41, 5.74) is 0.521. The number of carbonyl (C=O) groups excluding carboxylic acids is 1. The standard InChI is InChI=1S/C14H23N3O2/c1-9(2)16-13-12(6-5-7-15-13)14(19)17-11(4)10(3)8-18/h5-7,9-11,18H,8H2,1-4H3,(H,15,16)(H,17,19). The molecule has 5 heteroatoms. The number of aliphatic hydroxyl groups excluding tert-OH is 1. The molecule has 1 heterocycles. The summed E-state index contributed by atoms with van der Waals surface area (Å²) in [6, 6.07) is 3.59. The van der Waals surface area contributed by atoms with Crippen molar-refractivity contribution >= 4 is 11.7 Å². The number of hydrogen-bond donors (Lipinski definition) is 3. The van der Waals surface area contributed by atoms with Gasteiger partial charge in [0.1, 0.15) is 5.82 Å². The van der Waals surface area contributed by atoms with Crippen LogP contribution in [0.3, 0.4) is 0 Å². The first kappa shape index (κ1) is 15.4. The summed E-state index contributed by atoms with van der Waals surface area (Å²) >= 11 is 0. The third-order valence-corrected chi connectivity index (χ3v) is 2.98. The van der Waals surface area contributed by atoms with Gasteiger partial charge in [-0.2, -0.15) is 0 Å². The van der Waals surface area contributed by atoms with Crippen molar-refractivity contribution in [2.45, 2.75) is 39.8 Å². The van der Waals surface area contributed by atoms with Crippen LogP contribution in [-0.4, -0.2) is 34.7 Å². The molecule has 1 rings (SSSR count). The molecule has 3 N–H and O–H groups in total. The van der Waals surface area contributed by atoms with Crippen molar-refractivity contribution < 1.29 is 9.90 Å². The van der Waals surface area contributed by atoms with Gasteiger partial charge in [-0.15, -0.1) is 0 Å². The van der Waals surface area contributed by atoms with Crippen molar-refractivity contribution in [3.05, 3.63) is 23.9 Å². The highest BCUT2D eigenvalue weighted by molar-refractivity contribution is 5.98. The van der Waals surface area contributed by atoms with Crippen LogP contribution in [-0.2, 0) is 0 Å². The molecule has 0 saturated carbocycles. The van der Waals surface area contributed by atoms with Crippen LogP contribution in [0.1, 0.15) is 38.1 Å². The third-order valence-electron chi connectivity index (χ3n) is 2.98. The Hall–Kier alpha value is -1.62. The van der Waals surface area contributed by atoms with E-state index >= 15 is 0 Å². The van der Waals surface area contributed by atoms with Crippen LogP contribution in [0.25, 0.3) is 0 Å². The van der Waals surface area contributed by atoms with Crippen LogP contribution in [0.5, 0.6) is 0 Å². The van der Waals surface area contributed by atoms with E-state index in [0.717, 1.165) is 0 Å². The molecule has 106 valence electrons. The molecular formula is C14H23N3O2. The average molecular weight is 265 g/mol. The van der Waals surface area contributed by atoms with Gasteiger partial charge in [0.05, 0.1) is 5.56 Å². The number of hydrogen-bond acceptors (Lipinski definition) is 4. The van der Waals surface area contributed by atoms with E-state index in [1.165, 1.54) is 0 Å². The number of rotatable bonds is 6. The lowest BCUT2D eigenvalue weighted by Gasteiger charge is -2.20. The topological polar surface area (TPSA) is 74.2 Å². The van der Waals surface area contributed by atoms with E-state index in [1.807, 2.05) is 27.7 Å². The predicted octanol–water partition coefficient (Wildman–Crippen LogP) is 1.65. The number of pyridine rings is 1. The second kappa shape index (κ2) is 7.09. The summed E-state index contributed by atoms with van der Waals surface area (Å²) in [5.74, 6) is 0.421. The Morgan fingerprint density at radius 2 is 2.05 bits per heavy atom. The number of anilines is 1. The first-order valence-corrected chi connectivity index (χ1v) is 6.59. The molecule has 0 fully saturated rings. The zero-order valence-electron chi connectivity index (χ0n) is 12.0. The predicted molar refractivity (Wildman–Crippen MR) is 76.2 cm³/mol. The van der Waals surface area contributed by atoms with Crippen molar-refractivity contribution in [1.29, 1.82) is 0 Å². The van der Waals surface area contributed by atoms with Gasteiger partial charge in [-0.05, 0) is 38.8 Å². The zero-order chi connectivity index (χ0) is 14.4. The van der Waals surface area contributed by atoms with Crippen molar-refractivity contribution in [2.75, 3.05) is 11.9 Å². The minimum absolute atomic E-state index is 0.0159. The smallest absolute Gasteiger partial charge is 0.255 e. The molecule has 5 nitrogen and oxygen atoms in total. The van der Waals surface area contributed by atoms with Crippen LogP contribution in [0, 0.1) is 5.92 Å². The van der Waals surface area contributed by atoms with E-state index in [1.54, 1.807) is 18.3 Å². The fraction of sp³-hybridized carbons (Fsp3) is 0.571. The molecule has 1 aromatic heterocycles. The molecule has 0 aliphatic heterocycles. The quantitative estimate of drug-likeness (QED) is 0.731. The van der Waals surface area contributed by atoms with Gasteiger partial charge >= 0.3 is 0 Å². The van der Waals surface area contributed by atoms with Gasteiger partial charge in [-0.1, -0.05) is 6.92 Å². The Bertz CT molecular complexity index is 421. The van der Waals surface area contributed by atoms with Crippen molar-refractivity contribution in [3.8, 4) is 0 Å². The maximum Gasteiger partial charge on any atom is 0.255 e. The van der Waals surface area contributed by atoms with E-state index in [2.05, 4.69) is 15.6 Å². The molecule has 0 radical (unpaired) electrons. The molecule has 0 aliphatic carbocycles. The maximum absolute atomic E-state index is 12.2. The molecule has 0 aliphatic rings. The molecule has 1 amide bonds. The molecule has 19 heavy (non-hydrogen) atoms. The maximum atomic E-state index is 12.2. The van der Waals surface area contributed by atoms with Crippen LogP contribution < -0.4 is 10.6 Å². The van der Waals surface area contributed by atoms with Crippen LogP contribution in [0.15, 0.2) is 18.3 Å². The van der Waals surface area contributed by atoms with Gasteiger partial charge in [0.25, 0.3) is 5.91 Å². The van der Waals surface area contributed by atoms with Gasteiger partial charge in [-0.3, -0.25) is 4.79 Å². The molecule has 0 bridgehead atoms. The highest BCUT2D eigenvalue weighted by Crippen LogP contribution is 2.13. The molecule has 0 saturated heterocycles. The molecule has 2 atom stereocenters. The molecule has 1 aromatic rings. The van der Waals surface area contributed by atoms with Crippen LogP contribution >= 0.6 is 0 Å². The third kappa shape index (κ3) is 4.52. The molecule has 0 aromatic carbocycles. The number of amides is 1. The van der Waals surface area contributed by atoms with Gasteiger partial charge in [0.15, 0.2) is 0 Å². The first-order valence-electron chi connectivity index (χ1n) is 6.59. The largest absolute Gasteiger partial charge is 0.396 e. The summed E-state index contributed by atoms with van der Waals surface area (Å²) in [4.78, 5) is 16.4. The van der Waals surface area contributed by atoms with Crippen LogP contribution in [0.2, 0.25) is 0 Å². The fourth-order valence-corrected chi connectivity index (χ4v) is 1.56. The summed E-state index contributed by atoms with van der Waals surface area (Å²) in [6.45, 7) is 7.80. The van der Waals surface area contributed by atoms with E-state index in [-0.39, 0.29) is 30.5 Å². The first-order chi connectivity index (χ1) is 8.95. The highest BCUT2D eigenvalue weighted by atomic mass is 16.3. The normalized spacial score (nSPS) is 14.0. The Labute approximate surface area is 114 Å². The van der Waals surface area contributed by atoms with Crippen molar-refractivity contribution in [2.24, 2.45) is 5.92 Å². The van der Waals surface area contributed by atoms with Crippen molar-refractivity contribution in [1.82, 2.24) is 10.3 Å². The lowest BCUT2D eigenvalue weighted by Crippen LogP contribution is -2.38. The van der Waals surface area contributed by atoms with Gasteiger partial charge in [-0.25, -0.2) is 4.98 Å². The number of aromatic nitrogens is 1. The highest BCUT2D eigenvalue weighted by Gasteiger charge is 2.18. The summed E-state index contributed by atoms with van der Waals surface area (Å²) < 4.78 is 0. The van der Waals surface area contributed by atoms with E-state index in [4.69, 9.17) is 5.11 Å². The Kier molecular flexibility index (Phi) is 5.76. The van der Waals surface area contributed by atoms with E-state index in [0.29, 0.717) is 11.4 Å². The molecule has 2 unspecified atom stereocenters. The number of nitrogens with zero attached hydrogens (tertiary/aromatic N) is 1. The SMILES string of the molecule is CC(C)Nc1ncccc1C(=O)NC(C)C(C)CO. The minimum atomic E-state index is -0.177. The second-order valence-corrected chi connectivity index (χ2v) is 5.12. The van der Waals surface area contributed by atoms with Gasteiger partial charge in [0, 0.05) is 24.9 Å². The van der Waals surface area contributed by atoms with Crippen LogP contribution in [0.4, 0.5) is 5.82 Å². The number of nitrogens with one attached hydrogen (secondary N) is 2. The van der Waals surface area contributed by atoms with E-state index < -0.39 is 0 Å². The Balaban J connectivity index is 2.82. The summed E-state index contributed by atoms with van der Waals surface area (Å²) in [7, 11) is 0. The number of aliphatic hydroxyl groups is 1. The fourth-order valence-electron chi connectivity index (χ4n) is 1.56. The summed E-state index contributed by atoms with van der Waals surface area (Å²) in [6.07, 6.45) is 1.65.